The standard InChI is InChI=1S/C17H15N2OS2/c20-15(13-5-2-1-3-6-13)11-18-8-9-19-14(12-22-17(18)19)16-7-4-10-21-16/h1-7,10,12H,8-9,11H2/q+1. The summed E-state index contributed by atoms with van der Waals surface area (Å²) < 4.78 is 2.33. The Morgan fingerprint density at radius 1 is 1.14 bits per heavy atom. The van der Waals surface area contributed by atoms with Crippen LogP contribution in [0.2, 0.25) is 0 Å². The Bertz CT molecular complexity index is 793. The molecule has 0 amide bonds. The van der Waals surface area contributed by atoms with Crippen molar-refractivity contribution < 1.29 is 9.36 Å². The molecule has 1 aromatic carbocycles. The molecule has 4 rings (SSSR count). The Labute approximate surface area is 137 Å². The molecule has 3 heterocycles. The lowest BCUT2D eigenvalue weighted by molar-refractivity contribution is -0.655. The van der Waals surface area contributed by atoms with Crippen molar-refractivity contribution >= 4 is 33.6 Å². The van der Waals surface area contributed by atoms with Gasteiger partial charge in [0.15, 0.2) is 5.69 Å². The minimum Gasteiger partial charge on any atom is -0.290 e. The molecular weight excluding hydrogens is 312 g/mol. The number of aromatic nitrogens is 1. The number of rotatable bonds is 4. The van der Waals surface area contributed by atoms with Crippen LogP contribution in [0.4, 0.5) is 5.13 Å². The van der Waals surface area contributed by atoms with Crippen molar-refractivity contribution in [2.75, 3.05) is 18.0 Å². The fourth-order valence-corrected chi connectivity index (χ4v) is 4.69. The van der Waals surface area contributed by atoms with Gasteiger partial charge in [-0.1, -0.05) is 47.7 Å². The number of nitrogens with zero attached hydrogens (tertiary/aromatic N) is 2. The molecule has 0 saturated carbocycles. The van der Waals surface area contributed by atoms with Gasteiger partial charge in [-0.05, 0) is 11.4 Å². The third kappa shape index (κ3) is 2.36. The average Bonchev–Trinajstić information content (AvgIpc) is 3.26. The Morgan fingerprint density at radius 3 is 2.77 bits per heavy atom. The van der Waals surface area contributed by atoms with Crippen LogP contribution in [0.25, 0.3) is 10.6 Å². The highest BCUT2D eigenvalue weighted by Gasteiger charge is 2.34. The summed E-state index contributed by atoms with van der Waals surface area (Å²) in [4.78, 5) is 15.9. The zero-order valence-corrected chi connectivity index (χ0v) is 13.6. The number of Topliss-reactive ketones (excluding diaryl/α,β-unsaturated/α-hetero) is 1. The molecule has 0 unspecified atom stereocenters. The first-order chi connectivity index (χ1) is 10.8. The van der Waals surface area contributed by atoms with Gasteiger partial charge >= 0.3 is 5.13 Å². The molecule has 0 spiro atoms. The molecule has 0 atom stereocenters. The number of hydrogen-bond acceptors (Lipinski definition) is 4. The van der Waals surface area contributed by atoms with E-state index in [-0.39, 0.29) is 5.78 Å². The van der Waals surface area contributed by atoms with Gasteiger partial charge in [0.05, 0.1) is 4.88 Å². The summed E-state index contributed by atoms with van der Waals surface area (Å²) in [6.07, 6.45) is 0. The van der Waals surface area contributed by atoms with Gasteiger partial charge in [0.1, 0.15) is 19.6 Å². The summed E-state index contributed by atoms with van der Waals surface area (Å²) in [5, 5.41) is 5.49. The highest BCUT2D eigenvalue weighted by molar-refractivity contribution is 7.15. The lowest BCUT2D eigenvalue weighted by atomic mass is 10.1. The number of carbonyl (C=O) groups excluding carboxylic acids is 1. The maximum atomic E-state index is 12.4. The van der Waals surface area contributed by atoms with Crippen LogP contribution in [0.3, 0.4) is 0 Å². The van der Waals surface area contributed by atoms with E-state index in [0.29, 0.717) is 6.54 Å². The van der Waals surface area contributed by atoms with E-state index in [1.807, 2.05) is 30.3 Å². The second kappa shape index (κ2) is 5.66. The zero-order chi connectivity index (χ0) is 14.9. The third-order valence-corrected chi connectivity index (χ3v) is 5.79. The van der Waals surface area contributed by atoms with Gasteiger partial charge in [-0.2, -0.15) is 0 Å². The van der Waals surface area contributed by atoms with E-state index in [1.54, 1.807) is 22.7 Å². The molecule has 0 fully saturated rings. The smallest absolute Gasteiger partial charge is 0.290 e. The third-order valence-electron chi connectivity index (χ3n) is 3.87. The lowest BCUT2D eigenvalue weighted by Gasteiger charge is -2.07. The molecule has 2 aromatic heterocycles. The topological polar surface area (TPSA) is 24.2 Å². The predicted octanol–water partition coefficient (Wildman–Crippen LogP) is 3.47. The molecule has 0 N–H and O–H groups in total. The van der Waals surface area contributed by atoms with Crippen LogP contribution < -0.4 is 9.47 Å². The van der Waals surface area contributed by atoms with Gasteiger partial charge in [0.2, 0.25) is 5.78 Å². The van der Waals surface area contributed by atoms with Gasteiger partial charge in [-0.3, -0.25) is 4.79 Å². The van der Waals surface area contributed by atoms with Gasteiger partial charge < -0.3 is 0 Å². The first-order valence-corrected chi connectivity index (χ1v) is 8.97. The molecule has 3 aromatic rings. The lowest BCUT2D eigenvalue weighted by Crippen LogP contribution is -2.31. The summed E-state index contributed by atoms with van der Waals surface area (Å²) in [5.74, 6) is 0.181. The summed E-state index contributed by atoms with van der Waals surface area (Å²) in [7, 11) is 0. The van der Waals surface area contributed by atoms with Crippen LogP contribution in [0.15, 0.2) is 53.2 Å². The highest BCUT2D eigenvalue weighted by Crippen LogP contribution is 2.30. The Morgan fingerprint density at radius 2 is 2.00 bits per heavy atom. The fraction of sp³-hybridized carbons (Fsp3) is 0.176. The Kier molecular flexibility index (Phi) is 3.52. The largest absolute Gasteiger partial charge is 0.337 e. The fourth-order valence-electron chi connectivity index (χ4n) is 2.77. The van der Waals surface area contributed by atoms with Crippen molar-refractivity contribution in [1.82, 2.24) is 0 Å². The maximum Gasteiger partial charge on any atom is 0.337 e. The molecule has 3 nitrogen and oxygen atoms in total. The number of hydrogen-bond donors (Lipinski definition) is 0. The highest BCUT2D eigenvalue weighted by atomic mass is 32.1. The molecule has 1 aliphatic heterocycles. The van der Waals surface area contributed by atoms with Gasteiger partial charge in [-0.25, -0.2) is 9.47 Å². The first kappa shape index (κ1) is 13.7. The SMILES string of the molecule is O=C(CN1CC[n+]2c(-c3cccs3)csc21)c1ccccc1. The van der Waals surface area contributed by atoms with Crippen molar-refractivity contribution in [3.63, 3.8) is 0 Å². The summed E-state index contributed by atoms with van der Waals surface area (Å²) in [5.41, 5.74) is 2.06. The first-order valence-electron chi connectivity index (χ1n) is 7.21. The van der Waals surface area contributed by atoms with E-state index in [2.05, 4.69) is 32.4 Å². The van der Waals surface area contributed by atoms with Gasteiger partial charge in [-0.15, -0.1) is 11.3 Å². The van der Waals surface area contributed by atoms with Crippen molar-refractivity contribution in [2.24, 2.45) is 0 Å². The molecule has 0 bridgehead atoms. The molecule has 110 valence electrons. The van der Waals surface area contributed by atoms with Gasteiger partial charge in [0, 0.05) is 10.9 Å². The Hall–Kier alpha value is -1.98. The molecule has 5 heteroatoms. The van der Waals surface area contributed by atoms with Crippen molar-refractivity contribution in [3.05, 3.63) is 58.8 Å². The number of fused-ring (bicyclic) bond motifs is 1. The van der Waals surface area contributed by atoms with E-state index in [9.17, 15) is 4.79 Å². The molecule has 0 saturated heterocycles. The van der Waals surface area contributed by atoms with E-state index in [4.69, 9.17) is 0 Å². The quantitative estimate of drug-likeness (QED) is 0.541. The van der Waals surface area contributed by atoms with Crippen LogP contribution >= 0.6 is 22.7 Å². The normalized spacial score (nSPS) is 13.4. The number of benzene rings is 1. The number of carbonyl (C=O) groups is 1. The van der Waals surface area contributed by atoms with Crippen molar-refractivity contribution in [2.45, 2.75) is 6.54 Å². The van der Waals surface area contributed by atoms with Crippen LogP contribution in [0, 0.1) is 0 Å². The number of thiazole rings is 1. The van der Waals surface area contributed by atoms with E-state index >= 15 is 0 Å². The van der Waals surface area contributed by atoms with E-state index in [1.165, 1.54) is 15.7 Å². The second-order valence-electron chi connectivity index (χ2n) is 5.24. The van der Waals surface area contributed by atoms with Crippen LogP contribution in [-0.4, -0.2) is 18.9 Å². The molecule has 0 radical (unpaired) electrons. The number of thiophene rings is 1. The number of ketones is 1. The minimum absolute atomic E-state index is 0.181. The average molecular weight is 327 g/mol. The summed E-state index contributed by atoms with van der Waals surface area (Å²) in [6, 6.07) is 13.8. The monoisotopic (exact) mass is 327 g/mol. The molecule has 1 aliphatic rings. The minimum atomic E-state index is 0.181. The van der Waals surface area contributed by atoms with Crippen molar-refractivity contribution in [1.29, 1.82) is 0 Å². The van der Waals surface area contributed by atoms with Crippen LogP contribution in [0.5, 0.6) is 0 Å². The van der Waals surface area contributed by atoms with Gasteiger partial charge in [0.25, 0.3) is 0 Å². The summed E-state index contributed by atoms with van der Waals surface area (Å²) >= 11 is 3.48. The van der Waals surface area contributed by atoms with E-state index < -0.39 is 0 Å². The maximum absolute atomic E-state index is 12.4. The Balaban J connectivity index is 1.57. The van der Waals surface area contributed by atoms with Crippen molar-refractivity contribution in [3.8, 4) is 10.6 Å². The van der Waals surface area contributed by atoms with Crippen LogP contribution in [-0.2, 0) is 6.54 Å². The zero-order valence-electron chi connectivity index (χ0n) is 11.9. The second-order valence-corrected chi connectivity index (χ2v) is 7.03. The molecule has 0 aliphatic carbocycles. The summed E-state index contributed by atoms with van der Waals surface area (Å²) in [6.45, 7) is 2.31. The van der Waals surface area contributed by atoms with E-state index in [0.717, 1.165) is 18.7 Å². The molecular formula is C17H15N2OS2+. The predicted molar refractivity (Wildman–Crippen MR) is 90.8 cm³/mol. The molecule has 22 heavy (non-hydrogen) atoms. The van der Waals surface area contributed by atoms with Crippen LogP contribution in [0.1, 0.15) is 10.4 Å². The number of anilines is 1.